The highest BCUT2D eigenvalue weighted by molar-refractivity contribution is 5.73. The fraction of sp³-hybridized carbons (Fsp3) is 0.944. The van der Waals surface area contributed by atoms with Gasteiger partial charge in [-0.3, -0.25) is 4.79 Å². The van der Waals surface area contributed by atoms with Gasteiger partial charge < -0.3 is 9.47 Å². The molecule has 0 bridgehead atoms. The van der Waals surface area contributed by atoms with Gasteiger partial charge in [-0.25, -0.2) is 0 Å². The summed E-state index contributed by atoms with van der Waals surface area (Å²) in [5.41, 5.74) is 0.0498. The van der Waals surface area contributed by atoms with E-state index in [1.807, 2.05) is 0 Å². The third-order valence-electron chi connectivity index (χ3n) is 5.05. The predicted molar refractivity (Wildman–Crippen MR) is 86.3 cm³/mol. The van der Waals surface area contributed by atoms with Crippen LogP contribution in [0, 0.1) is 11.3 Å². The maximum absolute atomic E-state index is 12.1. The first-order valence-electron chi connectivity index (χ1n) is 8.85. The van der Waals surface area contributed by atoms with Crippen molar-refractivity contribution in [2.24, 2.45) is 11.3 Å². The highest BCUT2D eigenvalue weighted by Gasteiger charge is 2.47. The van der Waals surface area contributed by atoms with Crippen molar-refractivity contribution in [2.45, 2.75) is 78.1 Å². The van der Waals surface area contributed by atoms with E-state index in [2.05, 4.69) is 13.8 Å². The first-order chi connectivity index (χ1) is 10.2. The molecule has 0 spiro atoms. The number of unbranched alkanes of at least 4 members (excludes halogenated alkanes) is 7. The number of methoxy groups -OCH3 is 1. The zero-order valence-electron chi connectivity index (χ0n) is 14.3. The average molecular weight is 298 g/mol. The van der Waals surface area contributed by atoms with Crippen LogP contribution < -0.4 is 0 Å². The van der Waals surface area contributed by atoms with Crippen LogP contribution in [0.4, 0.5) is 0 Å². The van der Waals surface area contributed by atoms with Gasteiger partial charge in [0, 0.05) is 5.41 Å². The Bertz CT molecular complexity index is 279. The zero-order chi connectivity index (χ0) is 15.6. The summed E-state index contributed by atoms with van der Waals surface area (Å²) < 4.78 is 10.4. The highest BCUT2D eigenvalue weighted by atomic mass is 16.5. The normalized spacial score (nSPS) is 18.0. The topological polar surface area (TPSA) is 35.5 Å². The van der Waals surface area contributed by atoms with Crippen LogP contribution in [0.3, 0.4) is 0 Å². The monoisotopic (exact) mass is 298 g/mol. The zero-order valence-corrected chi connectivity index (χ0v) is 14.3. The third-order valence-corrected chi connectivity index (χ3v) is 5.05. The van der Waals surface area contributed by atoms with Crippen LogP contribution in [0.2, 0.25) is 0 Å². The van der Waals surface area contributed by atoms with Gasteiger partial charge in [0.05, 0.1) is 26.2 Å². The van der Waals surface area contributed by atoms with E-state index >= 15 is 0 Å². The first-order valence-corrected chi connectivity index (χ1v) is 8.85. The van der Waals surface area contributed by atoms with Gasteiger partial charge in [0.25, 0.3) is 0 Å². The van der Waals surface area contributed by atoms with Crippen LogP contribution >= 0.6 is 0 Å². The molecule has 1 rings (SSSR count). The third kappa shape index (κ3) is 5.61. The van der Waals surface area contributed by atoms with E-state index in [0.29, 0.717) is 0 Å². The van der Waals surface area contributed by atoms with E-state index in [-0.39, 0.29) is 17.3 Å². The summed E-state index contributed by atoms with van der Waals surface area (Å²) >= 11 is 0. The summed E-state index contributed by atoms with van der Waals surface area (Å²) in [6.45, 7) is 5.85. The van der Waals surface area contributed by atoms with Gasteiger partial charge in [0.2, 0.25) is 0 Å². The molecule has 0 amide bonds. The number of esters is 1. The van der Waals surface area contributed by atoms with Gasteiger partial charge in [-0.05, 0) is 12.8 Å². The molecule has 1 saturated heterocycles. The summed E-state index contributed by atoms with van der Waals surface area (Å²) in [5, 5.41) is 0. The minimum Gasteiger partial charge on any atom is -0.469 e. The molecule has 0 radical (unpaired) electrons. The first kappa shape index (κ1) is 18.5. The van der Waals surface area contributed by atoms with E-state index in [1.165, 1.54) is 52.1 Å². The lowest BCUT2D eigenvalue weighted by molar-refractivity contribution is -0.180. The molecule has 1 fully saturated rings. The molecule has 3 nitrogen and oxygen atoms in total. The van der Waals surface area contributed by atoms with Crippen molar-refractivity contribution in [2.75, 3.05) is 20.3 Å². The molecule has 0 N–H and O–H groups in total. The second-order valence-corrected chi connectivity index (χ2v) is 6.55. The van der Waals surface area contributed by atoms with Crippen LogP contribution in [0.5, 0.6) is 0 Å². The molecule has 1 aliphatic rings. The van der Waals surface area contributed by atoms with E-state index in [0.717, 1.165) is 32.5 Å². The van der Waals surface area contributed by atoms with Gasteiger partial charge >= 0.3 is 5.97 Å². The Kier molecular flexibility index (Phi) is 8.98. The lowest BCUT2D eigenvalue weighted by Crippen LogP contribution is -2.51. The SMILES string of the molecule is CCCCCCCCCCC(C(=O)OC)C1(CC)COC1. The number of carbonyl (C=O) groups is 1. The molecule has 1 unspecified atom stereocenters. The quantitative estimate of drug-likeness (QED) is 0.386. The Morgan fingerprint density at radius 1 is 1.05 bits per heavy atom. The van der Waals surface area contributed by atoms with Crippen molar-refractivity contribution in [3.05, 3.63) is 0 Å². The van der Waals surface area contributed by atoms with E-state index in [9.17, 15) is 4.79 Å². The maximum atomic E-state index is 12.1. The lowest BCUT2D eigenvalue weighted by atomic mass is 9.69. The number of ether oxygens (including phenoxy) is 2. The minimum absolute atomic E-state index is 0.0290. The standard InChI is InChI=1S/C18H34O3/c1-4-6-7-8-9-10-11-12-13-16(17(19)20-3)18(5-2)14-21-15-18/h16H,4-15H2,1-3H3. The smallest absolute Gasteiger partial charge is 0.309 e. The summed E-state index contributed by atoms with van der Waals surface area (Å²) in [5.74, 6) is -0.00978. The largest absolute Gasteiger partial charge is 0.469 e. The van der Waals surface area contributed by atoms with Crippen molar-refractivity contribution in [1.82, 2.24) is 0 Å². The van der Waals surface area contributed by atoms with Crippen LogP contribution in [0.25, 0.3) is 0 Å². The molecule has 1 atom stereocenters. The highest BCUT2D eigenvalue weighted by Crippen LogP contribution is 2.42. The van der Waals surface area contributed by atoms with Crippen molar-refractivity contribution < 1.29 is 14.3 Å². The Balaban J connectivity index is 2.23. The summed E-state index contributed by atoms with van der Waals surface area (Å²) in [6, 6.07) is 0. The molecule has 124 valence electrons. The fourth-order valence-corrected chi connectivity index (χ4v) is 3.31. The Morgan fingerprint density at radius 3 is 2.05 bits per heavy atom. The lowest BCUT2D eigenvalue weighted by Gasteiger charge is -2.45. The van der Waals surface area contributed by atoms with Crippen LogP contribution in [0.15, 0.2) is 0 Å². The number of rotatable bonds is 12. The van der Waals surface area contributed by atoms with E-state index in [4.69, 9.17) is 9.47 Å². The molecule has 1 heterocycles. The average Bonchev–Trinajstić information content (AvgIpc) is 2.46. The summed E-state index contributed by atoms with van der Waals surface area (Å²) in [7, 11) is 1.51. The predicted octanol–water partition coefficient (Wildman–Crippen LogP) is 4.73. The summed E-state index contributed by atoms with van der Waals surface area (Å²) in [6.07, 6.45) is 12.4. The molecule has 1 aliphatic heterocycles. The number of hydrogen-bond acceptors (Lipinski definition) is 3. The fourth-order valence-electron chi connectivity index (χ4n) is 3.31. The van der Waals surface area contributed by atoms with Gasteiger partial charge in [-0.2, -0.15) is 0 Å². The summed E-state index contributed by atoms with van der Waals surface area (Å²) in [4.78, 5) is 12.1. The van der Waals surface area contributed by atoms with E-state index < -0.39 is 0 Å². The molecule has 0 saturated carbocycles. The Morgan fingerprint density at radius 2 is 1.62 bits per heavy atom. The van der Waals surface area contributed by atoms with Crippen molar-refractivity contribution >= 4 is 5.97 Å². The second kappa shape index (κ2) is 10.2. The van der Waals surface area contributed by atoms with Crippen molar-refractivity contribution in [3.8, 4) is 0 Å². The maximum Gasteiger partial charge on any atom is 0.309 e. The number of hydrogen-bond donors (Lipinski definition) is 0. The van der Waals surface area contributed by atoms with Crippen molar-refractivity contribution in [1.29, 1.82) is 0 Å². The number of carbonyl (C=O) groups excluding carboxylic acids is 1. The molecular weight excluding hydrogens is 264 g/mol. The molecule has 0 aromatic heterocycles. The van der Waals surface area contributed by atoms with Gasteiger partial charge in [-0.15, -0.1) is 0 Å². The van der Waals surface area contributed by atoms with Crippen LogP contribution in [0.1, 0.15) is 78.1 Å². The molecule has 0 aromatic carbocycles. The van der Waals surface area contributed by atoms with Gasteiger partial charge in [0.15, 0.2) is 0 Å². The molecule has 0 aliphatic carbocycles. The minimum atomic E-state index is -0.0388. The molecular formula is C18H34O3. The van der Waals surface area contributed by atoms with Gasteiger partial charge in [0.1, 0.15) is 0 Å². The Hall–Kier alpha value is -0.570. The van der Waals surface area contributed by atoms with E-state index in [1.54, 1.807) is 0 Å². The molecule has 0 aromatic rings. The van der Waals surface area contributed by atoms with Crippen LogP contribution in [-0.4, -0.2) is 26.3 Å². The van der Waals surface area contributed by atoms with Crippen molar-refractivity contribution in [3.63, 3.8) is 0 Å². The van der Waals surface area contributed by atoms with Gasteiger partial charge in [-0.1, -0.05) is 65.2 Å². The Labute approximate surface area is 130 Å². The molecule has 3 heteroatoms. The van der Waals surface area contributed by atoms with Crippen LogP contribution in [-0.2, 0) is 14.3 Å². The molecule has 21 heavy (non-hydrogen) atoms. The second-order valence-electron chi connectivity index (χ2n) is 6.55.